The first-order chi connectivity index (χ1) is 9.31. The SMILES string of the molecule is CNCCC(Cc1ccccc1)c1ccccc1Br. The predicted molar refractivity (Wildman–Crippen MR) is 85.6 cm³/mol. The van der Waals surface area contributed by atoms with Crippen LogP contribution in [0.15, 0.2) is 59.1 Å². The molecule has 100 valence electrons. The van der Waals surface area contributed by atoms with Gasteiger partial charge in [-0.2, -0.15) is 0 Å². The van der Waals surface area contributed by atoms with Crippen LogP contribution in [0, 0.1) is 0 Å². The number of hydrogen-bond donors (Lipinski definition) is 1. The van der Waals surface area contributed by atoms with Gasteiger partial charge in [-0.3, -0.25) is 0 Å². The Bertz CT molecular complexity index is 496. The molecule has 0 radical (unpaired) electrons. The molecule has 1 atom stereocenters. The molecule has 1 N–H and O–H groups in total. The minimum Gasteiger partial charge on any atom is -0.320 e. The van der Waals surface area contributed by atoms with Gasteiger partial charge in [0.15, 0.2) is 0 Å². The maximum Gasteiger partial charge on any atom is 0.0210 e. The van der Waals surface area contributed by atoms with Gasteiger partial charge in [-0.15, -0.1) is 0 Å². The third kappa shape index (κ3) is 4.19. The summed E-state index contributed by atoms with van der Waals surface area (Å²) < 4.78 is 1.21. The molecule has 0 aromatic heterocycles. The molecule has 0 heterocycles. The van der Waals surface area contributed by atoms with Crippen molar-refractivity contribution in [3.8, 4) is 0 Å². The van der Waals surface area contributed by atoms with Gasteiger partial charge < -0.3 is 5.32 Å². The maximum atomic E-state index is 3.68. The van der Waals surface area contributed by atoms with Crippen molar-refractivity contribution < 1.29 is 0 Å². The van der Waals surface area contributed by atoms with E-state index in [9.17, 15) is 0 Å². The molecule has 0 aliphatic heterocycles. The number of benzene rings is 2. The lowest BCUT2D eigenvalue weighted by molar-refractivity contribution is 0.591. The Morgan fingerprint density at radius 3 is 2.37 bits per heavy atom. The number of halogens is 1. The molecule has 0 aliphatic rings. The van der Waals surface area contributed by atoms with Gasteiger partial charge in [-0.05, 0) is 49.5 Å². The van der Waals surface area contributed by atoms with Crippen LogP contribution in [-0.2, 0) is 6.42 Å². The van der Waals surface area contributed by atoms with E-state index in [1.807, 2.05) is 7.05 Å². The quantitative estimate of drug-likeness (QED) is 0.833. The minimum absolute atomic E-state index is 0.547. The van der Waals surface area contributed by atoms with Crippen molar-refractivity contribution in [1.29, 1.82) is 0 Å². The van der Waals surface area contributed by atoms with E-state index < -0.39 is 0 Å². The van der Waals surface area contributed by atoms with Crippen LogP contribution in [0.2, 0.25) is 0 Å². The normalized spacial score (nSPS) is 12.3. The first kappa shape index (κ1) is 14.3. The number of rotatable bonds is 6. The second-order valence-corrected chi connectivity index (χ2v) is 5.65. The molecule has 19 heavy (non-hydrogen) atoms. The standard InChI is InChI=1S/C17H20BrN/c1-19-12-11-15(13-14-7-3-2-4-8-14)16-9-5-6-10-17(16)18/h2-10,15,19H,11-13H2,1H3. The fourth-order valence-electron chi connectivity index (χ4n) is 2.39. The molecule has 0 amide bonds. The van der Waals surface area contributed by atoms with Gasteiger partial charge >= 0.3 is 0 Å². The van der Waals surface area contributed by atoms with E-state index in [0.717, 1.165) is 19.4 Å². The van der Waals surface area contributed by atoms with Crippen molar-refractivity contribution in [3.63, 3.8) is 0 Å². The van der Waals surface area contributed by atoms with E-state index in [1.165, 1.54) is 15.6 Å². The fraction of sp³-hybridized carbons (Fsp3) is 0.294. The highest BCUT2D eigenvalue weighted by atomic mass is 79.9. The Hall–Kier alpha value is -1.12. The summed E-state index contributed by atoms with van der Waals surface area (Å²) in [5.74, 6) is 0.547. The molecule has 2 heteroatoms. The molecule has 1 unspecified atom stereocenters. The Kier molecular flexibility index (Phi) is 5.62. The Morgan fingerprint density at radius 1 is 1.00 bits per heavy atom. The van der Waals surface area contributed by atoms with Crippen molar-refractivity contribution in [3.05, 3.63) is 70.2 Å². The third-order valence-corrected chi connectivity index (χ3v) is 4.13. The molecule has 0 saturated carbocycles. The van der Waals surface area contributed by atoms with Gasteiger partial charge in [0.05, 0.1) is 0 Å². The van der Waals surface area contributed by atoms with Gasteiger partial charge in [0.1, 0.15) is 0 Å². The minimum atomic E-state index is 0.547. The molecule has 0 fully saturated rings. The predicted octanol–water partition coefficient (Wildman–Crippen LogP) is 4.38. The average molecular weight is 318 g/mol. The zero-order valence-electron chi connectivity index (χ0n) is 11.3. The summed E-state index contributed by atoms with van der Waals surface area (Å²) in [6.07, 6.45) is 2.24. The van der Waals surface area contributed by atoms with Gasteiger partial charge in [-0.1, -0.05) is 64.5 Å². The lowest BCUT2D eigenvalue weighted by Crippen LogP contribution is -2.14. The zero-order valence-corrected chi connectivity index (χ0v) is 12.9. The number of hydrogen-bond acceptors (Lipinski definition) is 1. The van der Waals surface area contributed by atoms with Crippen LogP contribution in [0.5, 0.6) is 0 Å². The highest BCUT2D eigenvalue weighted by Gasteiger charge is 2.14. The van der Waals surface area contributed by atoms with Crippen molar-refractivity contribution >= 4 is 15.9 Å². The molecule has 0 bridgehead atoms. The van der Waals surface area contributed by atoms with Crippen molar-refractivity contribution in [1.82, 2.24) is 5.32 Å². The molecule has 0 spiro atoms. The largest absolute Gasteiger partial charge is 0.320 e. The second-order valence-electron chi connectivity index (χ2n) is 4.80. The summed E-state index contributed by atoms with van der Waals surface area (Å²) in [6.45, 7) is 1.04. The second kappa shape index (κ2) is 7.46. The first-order valence-corrected chi connectivity index (χ1v) is 7.53. The van der Waals surface area contributed by atoms with Crippen molar-refractivity contribution in [2.45, 2.75) is 18.8 Å². The summed E-state index contributed by atoms with van der Waals surface area (Å²) in [4.78, 5) is 0. The van der Waals surface area contributed by atoms with Crippen LogP contribution < -0.4 is 5.32 Å². The van der Waals surface area contributed by atoms with E-state index in [2.05, 4.69) is 75.8 Å². The topological polar surface area (TPSA) is 12.0 Å². The van der Waals surface area contributed by atoms with Crippen LogP contribution in [0.25, 0.3) is 0 Å². The summed E-state index contributed by atoms with van der Waals surface area (Å²) in [6, 6.07) is 19.3. The molecule has 2 rings (SSSR count). The average Bonchev–Trinajstić information content (AvgIpc) is 2.45. The van der Waals surface area contributed by atoms with Crippen LogP contribution in [0.3, 0.4) is 0 Å². The molecule has 0 saturated heterocycles. The monoisotopic (exact) mass is 317 g/mol. The highest BCUT2D eigenvalue weighted by Crippen LogP contribution is 2.30. The summed E-state index contributed by atoms with van der Waals surface area (Å²) in [7, 11) is 2.01. The van der Waals surface area contributed by atoms with Gasteiger partial charge in [-0.25, -0.2) is 0 Å². The lowest BCUT2D eigenvalue weighted by atomic mass is 9.89. The highest BCUT2D eigenvalue weighted by molar-refractivity contribution is 9.10. The molecular formula is C17H20BrN. The molecular weight excluding hydrogens is 298 g/mol. The lowest BCUT2D eigenvalue weighted by Gasteiger charge is -2.19. The third-order valence-electron chi connectivity index (χ3n) is 3.41. The van der Waals surface area contributed by atoms with E-state index >= 15 is 0 Å². The van der Waals surface area contributed by atoms with Gasteiger partial charge in [0.2, 0.25) is 0 Å². The Labute approximate surface area is 124 Å². The molecule has 2 aromatic rings. The van der Waals surface area contributed by atoms with Crippen LogP contribution in [0.1, 0.15) is 23.5 Å². The number of nitrogens with one attached hydrogen (secondary N) is 1. The maximum absolute atomic E-state index is 3.68. The molecule has 0 aliphatic carbocycles. The summed E-state index contributed by atoms with van der Waals surface area (Å²) in [5, 5.41) is 3.26. The molecule has 2 aromatic carbocycles. The molecule has 1 nitrogen and oxygen atoms in total. The summed E-state index contributed by atoms with van der Waals surface area (Å²) >= 11 is 3.68. The summed E-state index contributed by atoms with van der Waals surface area (Å²) in [5.41, 5.74) is 2.81. The van der Waals surface area contributed by atoms with Crippen LogP contribution in [0.4, 0.5) is 0 Å². The smallest absolute Gasteiger partial charge is 0.0210 e. The van der Waals surface area contributed by atoms with Crippen molar-refractivity contribution in [2.24, 2.45) is 0 Å². The Morgan fingerprint density at radius 2 is 1.68 bits per heavy atom. The first-order valence-electron chi connectivity index (χ1n) is 6.74. The fourth-order valence-corrected chi connectivity index (χ4v) is 3.00. The van der Waals surface area contributed by atoms with E-state index in [0.29, 0.717) is 5.92 Å². The van der Waals surface area contributed by atoms with Gasteiger partial charge in [0.25, 0.3) is 0 Å². The van der Waals surface area contributed by atoms with Crippen LogP contribution >= 0.6 is 15.9 Å². The van der Waals surface area contributed by atoms with Crippen molar-refractivity contribution in [2.75, 3.05) is 13.6 Å². The Balaban J connectivity index is 2.19. The van der Waals surface area contributed by atoms with Gasteiger partial charge in [0, 0.05) is 4.47 Å². The van der Waals surface area contributed by atoms with E-state index in [1.54, 1.807) is 0 Å². The zero-order chi connectivity index (χ0) is 13.5. The van der Waals surface area contributed by atoms with E-state index in [-0.39, 0.29) is 0 Å². The van der Waals surface area contributed by atoms with Crippen LogP contribution in [-0.4, -0.2) is 13.6 Å². The van der Waals surface area contributed by atoms with E-state index in [4.69, 9.17) is 0 Å².